The first-order valence-electron chi connectivity index (χ1n) is 14.8. The maximum Gasteiger partial charge on any atom is 0.453 e. The van der Waals surface area contributed by atoms with Gasteiger partial charge in [0.2, 0.25) is 0 Å². The number of carbonyl (C=O) groups is 2. The molecule has 3 unspecified atom stereocenters. The number of aliphatic hydroxyl groups excluding tert-OH is 1. The zero-order valence-corrected chi connectivity index (χ0v) is 25.0. The van der Waals surface area contributed by atoms with E-state index in [4.69, 9.17) is 25.8 Å². The maximum absolute atomic E-state index is 12.8. The fourth-order valence-corrected chi connectivity index (χ4v) is 5.05. The predicted molar refractivity (Wildman–Crippen MR) is 158 cm³/mol. The van der Waals surface area contributed by atoms with Crippen LogP contribution in [0.4, 0.5) is 0 Å². The number of unbranched alkanes of at least 4 members (excludes halogenated alkanes) is 9. The third-order valence-electron chi connectivity index (χ3n) is 7.23. The maximum atomic E-state index is 12.8. The van der Waals surface area contributed by atoms with Gasteiger partial charge in [0.15, 0.2) is 11.5 Å². The number of rotatable bonds is 19. The van der Waals surface area contributed by atoms with Gasteiger partial charge < -0.3 is 29.7 Å². The highest BCUT2D eigenvalue weighted by Crippen LogP contribution is 2.41. The van der Waals surface area contributed by atoms with Gasteiger partial charge in [0, 0.05) is 17.6 Å². The van der Waals surface area contributed by atoms with Crippen molar-refractivity contribution >= 4 is 23.5 Å². The molecule has 0 bridgehead atoms. The predicted octanol–water partition coefficient (Wildman–Crippen LogP) is 6.61. The molecule has 3 atom stereocenters. The number of aliphatic hydroxyl groups is 1. The normalized spacial score (nSPS) is 17.3. The molecule has 8 nitrogen and oxygen atoms in total. The van der Waals surface area contributed by atoms with Crippen LogP contribution in [0, 0.1) is 0 Å². The Hall–Kier alpha value is -2.81. The van der Waals surface area contributed by atoms with Crippen LogP contribution in [-0.2, 0) is 20.7 Å². The molecule has 2 aromatic carbocycles. The number of ether oxygens (including phenoxy) is 3. The van der Waals surface area contributed by atoms with Crippen LogP contribution in [-0.4, -0.2) is 47.1 Å². The molecule has 226 valence electrons. The van der Waals surface area contributed by atoms with Gasteiger partial charge in [-0.1, -0.05) is 94.5 Å². The van der Waals surface area contributed by atoms with Crippen molar-refractivity contribution < 1.29 is 34.0 Å². The third kappa shape index (κ3) is 9.90. The Morgan fingerprint density at radius 2 is 1.61 bits per heavy atom. The lowest BCUT2D eigenvalue weighted by Gasteiger charge is -2.20. The molecule has 1 heterocycles. The minimum atomic E-state index is -2.55. The van der Waals surface area contributed by atoms with Gasteiger partial charge >= 0.3 is 17.7 Å². The van der Waals surface area contributed by atoms with E-state index in [-0.39, 0.29) is 24.1 Å². The summed E-state index contributed by atoms with van der Waals surface area (Å²) in [6, 6.07) is 12.1. The summed E-state index contributed by atoms with van der Waals surface area (Å²) in [4.78, 5) is 24.9. The van der Waals surface area contributed by atoms with Gasteiger partial charge in [-0.3, -0.25) is 0 Å². The number of fused-ring (bicyclic) bond motifs is 1. The Bertz CT molecular complexity index is 1130. The Balaban J connectivity index is 1.43. The molecule has 0 saturated carbocycles. The van der Waals surface area contributed by atoms with Crippen molar-refractivity contribution in [2.24, 2.45) is 0 Å². The lowest BCUT2D eigenvalue weighted by atomic mass is 10.1. The fraction of sp³-hybridized carbons (Fsp3) is 0.562. The molecule has 0 fully saturated rings. The van der Waals surface area contributed by atoms with Crippen molar-refractivity contribution in [3.63, 3.8) is 0 Å². The standard InChI is InChI=1S/C32H44ClNO7/c1-3-4-5-6-7-8-9-10-11-12-18-39-31(38)32(30(36)37)40-28-17-16-24(20-29(28)41-32)19-23(2)34-22-27(35)25-14-13-15-26(33)21-25/h13-17,20-21,23,27,34-35H,3-12,18-19,22H2,1-2H3,(H,36,37). The zero-order chi connectivity index (χ0) is 29.7. The van der Waals surface area contributed by atoms with E-state index < -0.39 is 23.8 Å². The van der Waals surface area contributed by atoms with Crippen molar-refractivity contribution in [3.05, 3.63) is 58.6 Å². The van der Waals surface area contributed by atoms with Crippen LogP contribution < -0.4 is 14.8 Å². The van der Waals surface area contributed by atoms with Gasteiger partial charge in [0.05, 0.1) is 12.7 Å². The first-order valence-corrected chi connectivity index (χ1v) is 15.2. The highest BCUT2D eigenvalue weighted by molar-refractivity contribution is 6.30. The Labute approximate surface area is 248 Å². The first kappa shape index (κ1) is 32.7. The summed E-state index contributed by atoms with van der Waals surface area (Å²) < 4.78 is 16.4. The number of carboxylic acid groups (broad SMARTS) is 1. The number of nitrogens with one attached hydrogen (secondary N) is 1. The smallest absolute Gasteiger partial charge is 0.453 e. The number of hydrogen-bond acceptors (Lipinski definition) is 7. The van der Waals surface area contributed by atoms with Gasteiger partial charge in [-0.2, -0.15) is 0 Å². The Kier molecular flexibility index (Phi) is 13.2. The molecule has 0 aromatic heterocycles. The van der Waals surface area contributed by atoms with Crippen molar-refractivity contribution in [3.8, 4) is 11.5 Å². The van der Waals surface area contributed by atoms with Gasteiger partial charge in [0.1, 0.15) is 0 Å². The summed E-state index contributed by atoms with van der Waals surface area (Å²) >= 11 is 6.01. The lowest BCUT2D eigenvalue weighted by molar-refractivity contribution is -0.198. The quantitative estimate of drug-likeness (QED) is 0.0952. The van der Waals surface area contributed by atoms with Crippen LogP contribution in [0.2, 0.25) is 5.02 Å². The molecule has 0 amide bonds. The van der Waals surface area contributed by atoms with Crippen molar-refractivity contribution in [1.29, 1.82) is 0 Å². The second-order valence-electron chi connectivity index (χ2n) is 10.8. The topological polar surface area (TPSA) is 114 Å². The molecule has 2 aromatic rings. The summed E-state index contributed by atoms with van der Waals surface area (Å²) in [6.07, 6.45) is 11.3. The summed E-state index contributed by atoms with van der Waals surface area (Å²) in [5.74, 6) is -4.84. The van der Waals surface area contributed by atoms with Gasteiger partial charge in [-0.15, -0.1) is 0 Å². The van der Waals surface area contributed by atoms with Gasteiger partial charge in [-0.25, -0.2) is 9.59 Å². The number of halogens is 1. The van der Waals surface area contributed by atoms with Crippen molar-refractivity contribution in [2.75, 3.05) is 13.2 Å². The van der Waals surface area contributed by atoms with E-state index in [2.05, 4.69) is 12.2 Å². The molecule has 3 N–H and O–H groups in total. The monoisotopic (exact) mass is 589 g/mol. The fourth-order valence-electron chi connectivity index (χ4n) is 4.85. The molecule has 0 aliphatic carbocycles. The van der Waals surface area contributed by atoms with Crippen LogP contribution in [0.5, 0.6) is 11.5 Å². The summed E-state index contributed by atoms with van der Waals surface area (Å²) in [5.41, 5.74) is 1.58. The molecule has 3 rings (SSSR count). The first-order chi connectivity index (χ1) is 19.7. The van der Waals surface area contributed by atoms with Gasteiger partial charge in [0.25, 0.3) is 0 Å². The second kappa shape index (κ2) is 16.6. The average Bonchev–Trinajstić information content (AvgIpc) is 3.35. The van der Waals surface area contributed by atoms with Gasteiger partial charge in [-0.05, 0) is 55.2 Å². The third-order valence-corrected chi connectivity index (χ3v) is 7.47. The summed E-state index contributed by atoms with van der Waals surface area (Å²) in [6.45, 7) is 4.63. The van der Waals surface area contributed by atoms with Crippen LogP contribution in [0.3, 0.4) is 0 Å². The summed E-state index contributed by atoms with van der Waals surface area (Å²) in [7, 11) is 0. The Morgan fingerprint density at radius 1 is 0.951 bits per heavy atom. The van der Waals surface area contributed by atoms with E-state index in [1.165, 1.54) is 38.5 Å². The van der Waals surface area contributed by atoms with E-state index in [9.17, 15) is 19.8 Å². The van der Waals surface area contributed by atoms with E-state index in [0.717, 1.165) is 30.4 Å². The molecular formula is C32H44ClNO7. The number of carboxylic acids is 1. The number of aliphatic carboxylic acids is 1. The minimum Gasteiger partial charge on any atom is -0.475 e. The Morgan fingerprint density at radius 3 is 2.27 bits per heavy atom. The second-order valence-corrected chi connectivity index (χ2v) is 11.2. The highest BCUT2D eigenvalue weighted by atomic mass is 35.5. The van der Waals surface area contributed by atoms with E-state index in [0.29, 0.717) is 24.4 Å². The van der Waals surface area contributed by atoms with Crippen molar-refractivity contribution in [1.82, 2.24) is 5.32 Å². The van der Waals surface area contributed by atoms with Crippen LogP contribution in [0.25, 0.3) is 0 Å². The molecule has 0 spiro atoms. The average molecular weight is 590 g/mol. The number of esters is 1. The van der Waals surface area contributed by atoms with Crippen molar-refractivity contribution in [2.45, 2.75) is 102 Å². The SMILES string of the molecule is CCCCCCCCCCCCOC(=O)C1(C(=O)O)Oc2ccc(CC(C)NCC(O)c3cccc(Cl)c3)cc2O1. The highest BCUT2D eigenvalue weighted by Gasteiger charge is 2.58. The number of hydrogen-bond donors (Lipinski definition) is 3. The lowest BCUT2D eigenvalue weighted by Crippen LogP contribution is -2.55. The van der Waals surface area contributed by atoms with E-state index >= 15 is 0 Å². The van der Waals surface area contributed by atoms with Crippen LogP contribution >= 0.6 is 11.6 Å². The molecular weight excluding hydrogens is 546 g/mol. The zero-order valence-electron chi connectivity index (χ0n) is 24.2. The molecule has 1 aliphatic rings. The molecule has 0 saturated heterocycles. The molecule has 41 heavy (non-hydrogen) atoms. The number of benzene rings is 2. The number of carbonyl (C=O) groups excluding carboxylic acids is 1. The minimum absolute atomic E-state index is 0.0144. The van der Waals surface area contributed by atoms with Crippen LogP contribution in [0.1, 0.15) is 95.3 Å². The van der Waals surface area contributed by atoms with E-state index in [1.54, 1.807) is 36.4 Å². The molecule has 1 aliphatic heterocycles. The molecule has 9 heteroatoms. The largest absolute Gasteiger partial charge is 0.475 e. The van der Waals surface area contributed by atoms with E-state index in [1.807, 2.05) is 13.0 Å². The van der Waals surface area contributed by atoms with Crippen LogP contribution in [0.15, 0.2) is 42.5 Å². The summed E-state index contributed by atoms with van der Waals surface area (Å²) in [5, 5.41) is 24.1. The molecule has 0 radical (unpaired) electrons.